The molecule has 1 aliphatic heterocycles. The Morgan fingerprint density at radius 1 is 1.38 bits per heavy atom. The van der Waals surface area contributed by atoms with Gasteiger partial charge in [0.25, 0.3) is 0 Å². The van der Waals surface area contributed by atoms with Crippen molar-refractivity contribution < 1.29 is 4.79 Å². The Kier molecular flexibility index (Phi) is 6.22. The molecule has 0 bridgehead atoms. The monoisotopic (exact) mass is 293 g/mol. The van der Waals surface area contributed by atoms with E-state index in [2.05, 4.69) is 50.9 Å². The quantitative estimate of drug-likeness (QED) is 0.818. The van der Waals surface area contributed by atoms with Crippen LogP contribution in [0.5, 0.6) is 0 Å². The first-order chi connectivity index (χ1) is 9.75. The highest BCUT2D eigenvalue weighted by atomic mass is 16.1. The highest BCUT2D eigenvalue weighted by Gasteiger charge is 2.41. The molecule has 1 fully saturated rings. The minimum absolute atomic E-state index is 0.0119. The highest BCUT2D eigenvalue weighted by Crippen LogP contribution is 2.26. The van der Waals surface area contributed by atoms with Gasteiger partial charge in [0.2, 0.25) is 5.91 Å². The summed E-state index contributed by atoms with van der Waals surface area (Å²) < 4.78 is 0. The van der Waals surface area contributed by atoms with Crippen LogP contribution in [0.2, 0.25) is 0 Å². The van der Waals surface area contributed by atoms with E-state index in [0.717, 1.165) is 32.2 Å². The molecular weight excluding hydrogens is 262 g/mol. The maximum Gasteiger partial charge on any atom is 0.221 e. The molecule has 0 aliphatic carbocycles. The third-order valence-electron chi connectivity index (χ3n) is 4.45. The number of nitrogens with zero attached hydrogens (tertiary/aromatic N) is 2. The average molecular weight is 293 g/mol. The minimum atomic E-state index is -0.683. The van der Waals surface area contributed by atoms with Gasteiger partial charge in [-0.3, -0.25) is 9.69 Å². The summed E-state index contributed by atoms with van der Waals surface area (Å²) in [6, 6.07) is 2.89. The smallest absolute Gasteiger partial charge is 0.221 e. The molecule has 1 rings (SSSR count). The molecule has 1 unspecified atom stereocenters. The lowest BCUT2D eigenvalue weighted by Gasteiger charge is -2.28. The van der Waals surface area contributed by atoms with E-state index < -0.39 is 5.54 Å². The van der Waals surface area contributed by atoms with Crippen LogP contribution in [0.25, 0.3) is 0 Å². The number of carbonyl (C=O) groups is 1. The molecule has 4 nitrogen and oxygen atoms in total. The Balaban J connectivity index is 2.59. The predicted molar refractivity (Wildman–Crippen MR) is 85.7 cm³/mol. The van der Waals surface area contributed by atoms with Gasteiger partial charge in [0, 0.05) is 25.6 Å². The summed E-state index contributed by atoms with van der Waals surface area (Å²) in [6.07, 6.45) is 4.27. The number of nitriles is 1. The van der Waals surface area contributed by atoms with Gasteiger partial charge in [-0.25, -0.2) is 0 Å². The zero-order valence-corrected chi connectivity index (χ0v) is 14.3. The van der Waals surface area contributed by atoms with Crippen molar-refractivity contribution in [3.05, 3.63) is 0 Å². The Hall–Kier alpha value is -1.08. The van der Waals surface area contributed by atoms with Gasteiger partial charge in [-0.1, -0.05) is 34.6 Å². The molecule has 0 aromatic carbocycles. The van der Waals surface area contributed by atoms with Crippen LogP contribution < -0.4 is 5.32 Å². The molecule has 1 aliphatic rings. The molecule has 0 aromatic heterocycles. The molecular formula is C17H31N3O. The van der Waals surface area contributed by atoms with Crippen molar-refractivity contribution >= 4 is 5.91 Å². The summed E-state index contributed by atoms with van der Waals surface area (Å²) in [6.45, 7) is 12.3. The van der Waals surface area contributed by atoms with Crippen LogP contribution in [0.4, 0.5) is 0 Å². The molecule has 120 valence electrons. The normalized spacial score (nSPS) is 23.3. The van der Waals surface area contributed by atoms with Gasteiger partial charge >= 0.3 is 0 Å². The van der Waals surface area contributed by atoms with Crippen LogP contribution >= 0.6 is 0 Å². The zero-order chi connectivity index (χ0) is 16.1. The lowest BCUT2D eigenvalue weighted by Crippen LogP contribution is -2.50. The van der Waals surface area contributed by atoms with E-state index in [-0.39, 0.29) is 11.3 Å². The first-order valence-corrected chi connectivity index (χ1v) is 8.21. The number of nitrogens with one attached hydrogen (secondary N) is 1. The third kappa shape index (κ3) is 5.32. The van der Waals surface area contributed by atoms with E-state index in [1.807, 2.05) is 0 Å². The molecule has 4 heteroatoms. The van der Waals surface area contributed by atoms with E-state index in [9.17, 15) is 10.1 Å². The lowest BCUT2D eigenvalue weighted by atomic mass is 9.90. The Morgan fingerprint density at radius 2 is 2.00 bits per heavy atom. The highest BCUT2D eigenvalue weighted by molar-refractivity contribution is 5.77. The molecule has 1 atom stereocenters. The zero-order valence-electron chi connectivity index (χ0n) is 14.3. The van der Waals surface area contributed by atoms with E-state index >= 15 is 0 Å². The SMILES string of the molecule is CCC(CC)N1CCC(C#N)(NC(=O)CCC(C)(C)C)C1. The van der Waals surface area contributed by atoms with Gasteiger partial charge in [0.1, 0.15) is 5.54 Å². The summed E-state index contributed by atoms with van der Waals surface area (Å²) >= 11 is 0. The standard InChI is InChI=1S/C17H31N3O/c1-6-14(7-2)20-11-10-17(12-18,13-20)19-15(21)8-9-16(3,4)5/h14H,6-11,13H2,1-5H3,(H,19,21). The number of amides is 1. The van der Waals surface area contributed by atoms with Gasteiger partial charge in [0.15, 0.2) is 0 Å². The summed E-state index contributed by atoms with van der Waals surface area (Å²) in [7, 11) is 0. The van der Waals surface area contributed by atoms with Gasteiger partial charge in [0.05, 0.1) is 6.07 Å². The van der Waals surface area contributed by atoms with Crippen LogP contribution in [-0.4, -0.2) is 35.5 Å². The maximum absolute atomic E-state index is 12.1. The molecule has 1 heterocycles. The molecule has 1 saturated heterocycles. The Labute approximate surface area is 129 Å². The van der Waals surface area contributed by atoms with Gasteiger partial charge in [-0.05, 0) is 31.1 Å². The summed E-state index contributed by atoms with van der Waals surface area (Å²) in [4.78, 5) is 14.5. The van der Waals surface area contributed by atoms with Crippen molar-refractivity contribution in [1.82, 2.24) is 10.2 Å². The molecule has 21 heavy (non-hydrogen) atoms. The second kappa shape index (κ2) is 7.26. The summed E-state index contributed by atoms with van der Waals surface area (Å²) in [5.74, 6) is 0.0119. The number of likely N-dealkylation sites (tertiary alicyclic amines) is 1. The lowest BCUT2D eigenvalue weighted by molar-refractivity contribution is -0.122. The van der Waals surface area contributed by atoms with Crippen LogP contribution in [0.1, 0.15) is 66.7 Å². The topological polar surface area (TPSA) is 56.1 Å². The van der Waals surface area contributed by atoms with Crippen LogP contribution in [0.15, 0.2) is 0 Å². The fourth-order valence-electron chi connectivity index (χ4n) is 3.00. The fourth-order valence-corrected chi connectivity index (χ4v) is 3.00. The summed E-state index contributed by atoms with van der Waals surface area (Å²) in [5, 5.41) is 12.6. The van der Waals surface area contributed by atoms with Gasteiger partial charge in [-0.15, -0.1) is 0 Å². The number of hydrogen-bond donors (Lipinski definition) is 1. The first-order valence-electron chi connectivity index (χ1n) is 8.21. The van der Waals surface area contributed by atoms with E-state index in [1.54, 1.807) is 0 Å². The van der Waals surface area contributed by atoms with Crippen LogP contribution in [0.3, 0.4) is 0 Å². The number of hydrogen-bond acceptors (Lipinski definition) is 3. The molecule has 0 aromatic rings. The average Bonchev–Trinajstić information content (AvgIpc) is 2.82. The molecule has 0 saturated carbocycles. The molecule has 0 spiro atoms. The second-order valence-corrected chi connectivity index (χ2v) is 7.49. The van der Waals surface area contributed by atoms with E-state index in [4.69, 9.17) is 0 Å². The second-order valence-electron chi connectivity index (χ2n) is 7.49. The van der Waals surface area contributed by atoms with Crippen LogP contribution in [-0.2, 0) is 4.79 Å². The predicted octanol–water partition coefficient (Wildman–Crippen LogP) is 3.09. The number of carbonyl (C=O) groups excluding carboxylic acids is 1. The van der Waals surface area contributed by atoms with E-state index in [1.165, 1.54) is 0 Å². The van der Waals surface area contributed by atoms with Crippen molar-refractivity contribution in [2.45, 2.75) is 78.3 Å². The summed E-state index contributed by atoms with van der Waals surface area (Å²) in [5.41, 5.74) is -0.536. The Morgan fingerprint density at radius 3 is 2.48 bits per heavy atom. The van der Waals surface area contributed by atoms with Crippen molar-refractivity contribution in [3.8, 4) is 6.07 Å². The largest absolute Gasteiger partial charge is 0.337 e. The van der Waals surface area contributed by atoms with Gasteiger partial charge in [-0.2, -0.15) is 5.26 Å². The van der Waals surface area contributed by atoms with Crippen molar-refractivity contribution in [3.63, 3.8) is 0 Å². The van der Waals surface area contributed by atoms with Gasteiger partial charge < -0.3 is 5.32 Å². The maximum atomic E-state index is 12.1. The van der Waals surface area contributed by atoms with E-state index in [0.29, 0.717) is 19.0 Å². The Bertz CT molecular complexity index is 390. The minimum Gasteiger partial charge on any atom is -0.337 e. The van der Waals surface area contributed by atoms with Crippen molar-refractivity contribution in [2.75, 3.05) is 13.1 Å². The first kappa shape index (κ1) is 18.0. The molecule has 1 N–H and O–H groups in total. The molecule has 0 radical (unpaired) electrons. The van der Waals surface area contributed by atoms with Crippen molar-refractivity contribution in [2.24, 2.45) is 5.41 Å². The fraction of sp³-hybridized carbons (Fsp3) is 0.882. The third-order valence-corrected chi connectivity index (χ3v) is 4.45. The van der Waals surface area contributed by atoms with Crippen molar-refractivity contribution in [1.29, 1.82) is 5.26 Å². The number of rotatable bonds is 6. The molecule has 1 amide bonds. The van der Waals surface area contributed by atoms with Crippen LogP contribution in [0, 0.1) is 16.7 Å².